The molecule has 2 rings (SSSR count). The summed E-state index contributed by atoms with van der Waals surface area (Å²) in [5, 5.41) is 3.50. The van der Waals surface area contributed by atoms with Crippen LogP contribution < -0.4 is 5.32 Å². The van der Waals surface area contributed by atoms with Gasteiger partial charge in [0.05, 0.1) is 11.2 Å². The Morgan fingerprint density at radius 2 is 2.50 bits per heavy atom. The molecule has 0 amide bonds. The van der Waals surface area contributed by atoms with Crippen LogP contribution in [0.15, 0.2) is 5.51 Å². The number of aromatic nitrogens is 1. The molecule has 1 saturated carbocycles. The first-order valence-corrected chi connectivity index (χ1v) is 5.42. The van der Waals surface area contributed by atoms with E-state index >= 15 is 0 Å². The van der Waals surface area contributed by atoms with Gasteiger partial charge in [-0.05, 0) is 19.3 Å². The first-order valence-electron chi connectivity index (χ1n) is 4.54. The predicted molar refractivity (Wildman–Crippen MR) is 51.4 cm³/mol. The van der Waals surface area contributed by atoms with Crippen molar-refractivity contribution in [1.29, 1.82) is 0 Å². The lowest BCUT2D eigenvalue weighted by molar-refractivity contribution is 0.689. The second-order valence-corrected chi connectivity index (χ2v) is 4.17. The van der Waals surface area contributed by atoms with E-state index in [0.717, 1.165) is 19.0 Å². The van der Waals surface area contributed by atoms with E-state index in [2.05, 4.69) is 17.2 Å². The molecule has 1 aromatic heterocycles. The Labute approximate surface area is 77.0 Å². The number of aryl methyl sites for hydroxylation is 1. The minimum atomic E-state index is 0.803. The molecule has 0 spiro atoms. The van der Waals surface area contributed by atoms with Crippen LogP contribution in [0.2, 0.25) is 0 Å². The Morgan fingerprint density at radius 1 is 1.67 bits per heavy atom. The van der Waals surface area contributed by atoms with Gasteiger partial charge in [-0.15, -0.1) is 11.3 Å². The smallest absolute Gasteiger partial charge is 0.0798 e. The molecule has 12 heavy (non-hydrogen) atoms. The molecule has 1 N–H and O–H groups in total. The summed E-state index contributed by atoms with van der Waals surface area (Å²) >= 11 is 1.77. The van der Waals surface area contributed by atoms with Gasteiger partial charge >= 0.3 is 0 Å². The molecule has 1 fully saturated rings. The van der Waals surface area contributed by atoms with E-state index in [-0.39, 0.29) is 0 Å². The minimum Gasteiger partial charge on any atom is -0.309 e. The molecule has 0 aliphatic heterocycles. The van der Waals surface area contributed by atoms with Crippen LogP contribution in [-0.2, 0) is 13.0 Å². The molecule has 1 heterocycles. The number of rotatable bonds is 4. The first-order chi connectivity index (χ1) is 5.90. The van der Waals surface area contributed by atoms with Gasteiger partial charge in [0.25, 0.3) is 0 Å². The molecule has 0 saturated heterocycles. The number of nitrogens with zero attached hydrogens (tertiary/aromatic N) is 1. The van der Waals surface area contributed by atoms with Crippen LogP contribution in [0.4, 0.5) is 0 Å². The topological polar surface area (TPSA) is 24.9 Å². The Bertz CT molecular complexity index is 253. The molecular weight excluding hydrogens is 168 g/mol. The monoisotopic (exact) mass is 182 g/mol. The standard InChI is InChI=1S/C9H14N2S/c1-2-8-9(12-6-11-8)5-10-7-3-4-7/h6-7,10H,2-5H2,1H3. The van der Waals surface area contributed by atoms with Crippen LogP contribution in [0.5, 0.6) is 0 Å². The van der Waals surface area contributed by atoms with Crippen molar-refractivity contribution in [3.63, 3.8) is 0 Å². The molecule has 0 bridgehead atoms. The van der Waals surface area contributed by atoms with E-state index in [9.17, 15) is 0 Å². The van der Waals surface area contributed by atoms with Crippen molar-refractivity contribution in [2.75, 3.05) is 0 Å². The zero-order valence-corrected chi connectivity index (χ0v) is 8.16. The fraction of sp³-hybridized carbons (Fsp3) is 0.667. The molecule has 2 nitrogen and oxygen atoms in total. The van der Waals surface area contributed by atoms with Gasteiger partial charge in [0.15, 0.2) is 0 Å². The Balaban J connectivity index is 1.91. The molecular formula is C9H14N2S. The lowest BCUT2D eigenvalue weighted by Crippen LogP contribution is -2.15. The van der Waals surface area contributed by atoms with E-state index in [4.69, 9.17) is 0 Å². The van der Waals surface area contributed by atoms with E-state index in [0.29, 0.717) is 0 Å². The summed E-state index contributed by atoms with van der Waals surface area (Å²) in [6.07, 6.45) is 3.78. The second-order valence-electron chi connectivity index (χ2n) is 3.23. The Kier molecular flexibility index (Phi) is 2.42. The molecule has 0 atom stereocenters. The third-order valence-corrected chi connectivity index (χ3v) is 3.06. The van der Waals surface area contributed by atoms with Crippen molar-refractivity contribution in [3.05, 3.63) is 16.1 Å². The van der Waals surface area contributed by atoms with Gasteiger partial charge in [-0.25, -0.2) is 4.98 Å². The summed E-state index contributed by atoms with van der Waals surface area (Å²) in [6, 6.07) is 0.803. The third kappa shape index (κ3) is 1.84. The Hall–Kier alpha value is -0.410. The van der Waals surface area contributed by atoms with E-state index in [1.807, 2.05) is 5.51 Å². The third-order valence-electron chi connectivity index (χ3n) is 2.19. The minimum absolute atomic E-state index is 0.803. The molecule has 1 aliphatic carbocycles. The summed E-state index contributed by atoms with van der Waals surface area (Å²) in [7, 11) is 0. The first kappa shape index (κ1) is 8.20. The number of nitrogens with one attached hydrogen (secondary N) is 1. The maximum absolute atomic E-state index is 4.31. The van der Waals surface area contributed by atoms with Crippen LogP contribution in [-0.4, -0.2) is 11.0 Å². The summed E-state index contributed by atoms with van der Waals surface area (Å²) in [4.78, 5) is 5.73. The molecule has 0 radical (unpaired) electrons. The number of hydrogen-bond donors (Lipinski definition) is 1. The average molecular weight is 182 g/mol. The van der Waals surface area contributed by atoms with Crippen molar-refractivity contribution in [2.24, 2.45) is 0 Å². The van der Waals surface area contributed by atoms with Crippen LogP contribution >= 0.6 is 11.3 Å². The average Bonchev–Trinajstić information content (AvgIpc) is 2.81. The highest BCUT2D eigenvalue weighted by Gasteiger charge is 2.20. The largest absolute Gasteiger partial charge is 0.309 e. The van der Waals surface area contributed by atoms with Crippen molar-refractivity contribution < 1.29 is 0 Å². The lowest BCUT2D eigenvalue weighted by Gasteiger charge is -2.00. The summed E-state index contributed by atoms with van der Waals surface area (Å²) in [6.45, 7) is 3.19. The van der Waals surface area contributed by atoms with Gasteiger partial charge < -0.3 is 5.32 Å². The normalized spacial score (nSPS) is 16.8. The van der Waals surface area contributed by atoms with Crippen LogP contribution in [0.1, 0.15) is 30.3 Å². The molecule has 66 valence electrons. The highest BCUT2D eigenvalue weighted by atomic mass is 32.1. The molecule has 1 aliphatic rings. The lowest BCUT2D eigenvalue weighted by atomic mass is 10.3. The maximum atomic E-state index is 4.31. The van der Waals surface area contributed by atoms with Crippen molar-refractivity contribution >= 4 is 11.3 Å². The summed E-state index contributed by atoms with van der Waals surface area (Å²) in [5.74, 6) is 0. The van der Waals surface area contributed by atoms with E-state index < -0.39 is 0 Å². The molecule has 0 aromatic carbocycles. The van der Waals surface area contributed by atoms with Crippen molar-refractivity contribution in [1.82, 2.24) is 10.3 Å². The summed E-state index contributed by atoms with van der Waals surface area (Å²) in [5.41, 5.74) is 3.22. The SMILES string of the molecule is CCc1ncsc1CNC1CC1. The quantitative estimate of drug-likeness (QED) is 0.770. The van der Waals surface area contributed by atoms with Gasteiger partial charge in [0.2, 0.25) is 0 Å². The number of thiazole rings is 1. The van der Waals surface area contributed by atoms with Crippen LogP contribution in [0.3, 0.4) is 0 Å². The van der Waals surface area contributed by atoms with Crippen LogP contribution in [0, 0.1) is 0 Å². The number of hydrogen-bond acceptors (Lipinski definition) is 3. The van der Waals surface area contributed by atoms with Gasteiger partial charge in [0.1, 0.15) is 0 Å². The molecule has 1 aromatic rings. The maximum Gasteiger partial charge on any atom is 0.0798 e. The highest BCUT2D eigenvalue weighted by Crippen LogP contribution is 2.21. The van der Waals surface area contributed by atoms with E-state index in [1.54, 1.807) is 11.3 Å². The molecule has 0 unspecified atom stereocenters. The van der Waals surface area contributed by atoms with Gasteiger partial charge in [-0.2, -0.15) is 0 Å². The predicted octanol–water partition coefficient (Wildman–Crippen LogP) is 1.96. The van der Waals surface area contributed by atoms with E-state index in [1.165, 1.54) is 23.4 Å². The Morgan fingerprint density at radius 3 is 3.17 bits per heavy atom. The van der Waals surface area contributed by atoms with Crippen molar-refractivity contribution in [2.45, 2.75) is 38.8 Å². The van der Waals surface area contributed by atoms with Gasteiger partial charge in [-0.1, -0.05) is 6.92 Å². The summed E-state index contributed by atoms with van der Waals surface area (Å²) < 4.78 is 0. The zero-order valence-electron chi connectivity index (χ0n) is 7.34. The van der Waals surface area contributed by atoms with Crippen LogP contribution in [0.25, 0.3) is 0 Å². The fourth-order valence-corrected chi connectivity index (χ4v) is 2.06. The highest BCUT2D eigenvalue weighted by molar-refractivity contribution is 7.09. The van der Waals surface area contributed by atoms with Gasteiger partial charge in [-0.3, -0.25) is 0 Å². The fourth-order valence-electron chi connectivity index (χ4n) is 1.25. The van der Waals surface area contributed by atoms with Gasteiger partial charge in [0, 0.05) is 17.5 Å². The molecule has 3 heteroatoms. The zero-order chi connectivity index (χ0) is 8.39. The van der Waals surface area contributed by atoms with Crippen molar-refractivity contribution in [3.8, 4) is 0 Å². The second kappa shape index (κ2) is 3.54.